The van der Waals surface area contributed by atoms with Gasteiger partial charge in [0.05, 0.1) is 16.7 Å². The van der Waals surface area contributed by atoms with Crippen molar-refractivity contribution in [2.24, 2.45) is 0 Å². The summed E-state index contributed by atoms with van der Waals surface area (Å²) >= 11 is 12.1. The molecule has 15 heavy (non-hydrogen) atoms. The molecular formula is C11H15Cl2NO. The third-order valence-electron chi connectivity index (χ3n) is 1.74. The molecule has 2 nitrogen and oxygen atoms in total. The van der Waals surface area contributed by atoms with E-state index < -0.39 is 0 Å². The molecule has 0 saturated heterocycles. The molecule has 0 aromatic heterocycles. The molecule has 0 unspecified atom stereocenters. The fraction of sp³-hybridized carbons (Fsp3) is 0.455. The fourth-order valence-corrected chi connectivity index (χ4v) is 1.85. The maximum absolute atomic E-state index is 6.05. The van der Waals surface area contributed by atoms with Gasteiger partial charge in [-0.25, -0.2) is 0 Å². The Morgan fingerprint density at radius 2 is 1.80 bits per heavy atom. The molecule has 0 saturated carbocycles. The molecule has 4 heteroatoms. The Morgan fingerprint density at radius 3 is 2.20 bits per heavy atom. The maximum Gasteiger partial charge on any atom is 0.156 e. The Kier molecular flexibility index (Phi) is 4.55. The van der Waals surface area contributed by atoms with Gasteiger partial charge in [0.2, 0.25) is 0 Å². The van der Waals surface area contributed by atoms with Crippen LogP contribution in [0.5, 0.6) is 5.75 Å². The van der Waals surface area contributed by atoms with E-state index in [0.717, 1.165) is 5.69 Å². The Balaban J connectivity index is 2.97. The predicted molar refractivity (Wildman–Crippen MR) is 66.4 cm³/mol. The van der Waals surface area contributed by atoms with Gasteiger partial charge in [-0.15, -0.1) is 0 Å². The third-order valence-corrected chi connectivity index (χ3v) is 2.30. The largest absolute Gasteiger partial charge is 0.491 e. The number of hydrogen-bond acceptors (Lipinski definition) is 2. The molecule has 0 aliphatic rings. The predicted octanol–water partition coefficient (Wildman–Crippen LogP) is 4.21. The van der Waals surface area contributed by atoms with E-state index in [1.165, 1.54) is 0 Å². The van der Waals surface area contributed by atoms with Crippen LogP contribution >= 0.6 is 23.2 Å². The van der Waals surface area contributed by atoms with Crippen molar-refractivity contribution in [3.05, 3.63) is 22.2 Å². The van der Waals surface area contributed by atoms with Crippen molar-refractivity contribution >= 4 is 28.9 Å². The van der Waals surface area contributed by atoms with Crippen molar-refractivity contribution in [1.29, 1.82) is 0 Å². The van der Waals surface area contributed by atoms with Crippen LogP contribution in [0.15, 0.2) is 12.1 Å². The highest BCUT2D eigenvalue weighted by atomic mass is 35.5. The van der Waals surface area contributed by atoms with Gasteiger partial charge < -0.3 is 10.1 Å². The Labute approximate surface area is 101 Å². The molecule has 0 bridgehead atoms. The molecule has 0 atom stereocenters. The topological polar surface area (TPSA) is 21.3 Å². The average molecular weight is 248 g/mol. The molecule has 0 aliphatic carbocycles. The number of halogens is 2. The van der Waals surface area contributed by atoms with E-state index in [1.807, 2.05) is 19.1 Å². The summed E-state index contributed by atoms with van der Waals surface area (Å²) in [4.78, 5) is 0. The first-order valence-corrected chi connectivity index (χ1v) is 5.68. The number of ether oxygens (including phenoxy) is 1. The van der Waals surface area contributed by atoms with Crippen molar-refractivity contribution < 1.29 is 4.74 Å². The lowest BCUT2D eigenvalue weighted by atomic mass is 10.2. The van der Waals surface area contributed by atoms with E-state index in [2.05, 4.69) is 19.2 Å². The first kappa shape index (κ1) is 12.5. The Bertz CT molecular complexity index is 316. The van der Waals surface area contributed by atoms with Crippen LogP contribution in [0, 0.1) is 0 Å². The minimum atomic E-state index is 0.343. The van der Waals surface area contributed by atoms with Gasteiger partial charge in [0.1, 0.15) is 0 Å². The normalized spacial score (nSPS) is 10.5. The molecule has 0 heterocycles. The number of nitrogens with one attached hydrogen (secondary N) is 1. The van der Waals surface area contributed by atoms with E-state index in [1.54, 1.807) is 0 Å². The molecule has 1 aromatic carbocycles. The number of benzene rings is 1. The van der Waals surface area contributed by atoms with E-state index in [-0.39, 0.29) is 0 Å². The molecule has 0 spiro atoms. The Hall–Kier alpha value is -0.600. The molecule has 0 aliphatic heterocycles. The quantitative estimate of drug-likeness (QED) is 0.861. The van der Waals surface area contributed by atoms with E-state index in [4.69, 9.17) is 27.9 Å². The second-order valence-electron chi connectivity index (χ2n) is 3.50. The van der Waals surface area contributed by atoms with Crippen LogP contribution in [0.1, 0.15) is 20.8 Å². The second kappa shape index (κ2) is 5.47. The molecule has 1 aromatic rings. The second-order valence-corrected chi connectivity index (χ2v) is 4.32. The van der Waals surface area contributed by atoms with Gasteiger partial charge in [-0.1, -0.05) is 23.2 Å². The van der Waals surface area contributed by atoms with Crippen LogP contribution in [0.4, 0.5) is 5.69 Å². The van der Waals surface area contributed by atoms with Crippen LogP contribution in [0.2, 0.25) is 10.0 Å². The smallest absolute Gasteiger partial charge is 0.156 e. The summed E-state index contributed by atoms with van der Waals surface area (Å²) in [6, 6.07) is 3.98. The molecular weight excluding hydrogens is 233 g/mol. The van der Waals surface area contributed by atoms with Gasteiger partial charge in [-0.3, -0.25) is 0 Å². The summed E-state index contributed by atoms with van der Waals surface area (Å²) < 4.78 is 5.34. The van der Waals surface area contributed by atoms with E-state index >= 15 is 0 Å². The van der Waals surface area contributed by atoms with Gasteiger partial charge in [0.25, 0.3) is 0 Å². The zero-order chi connectivity index (χ0) is 11.4. The van der Waals surface area contributed by atoms with Crippen molar-refractivity contribution in [1.82, 2.24) is 0 Å². The molecule has 0 fully saturated rings. The first-order chi connectivity index (χ1) is 7.04. The minimum absolute atomic E-state index is 0.343. The van der Waals surface area contributed by atoms with Gasteiger partial charge in [-0.2, -0.15) is 0 Å². The number of anilines is 1. The van der Waals surface area contributed by atoms with E-state index in [9.17, 15) is 0 Å². The van der Waals surface area contributed by atoms with E-state index in [0.29, 0.717) is 28.4 Å². The van der Waals surface area contributed by atoms with Crippen LogP contribution in [-0.4, -0.2) is 12.6 Å². The monoisotopic (exact) mass is 247 g/mol. The third kappa shape index (κ3) is 3.47. The SMILES string of the molecule is CCOc1c(Cl)cc(NC(C)C)cc1Cl. The van der Waals surface area contributed by atoms with Gasteiger partial charge in [-0.05, 0) is 32.9 Å². The molecule has 84 valence electrons. The zero-order valence-electron chi connectivity index (χ0n) is 9.10. The molecule has 0 amide bonds. The summed E-state index contributed by atoms with van der Waals surface area (Å²) in [7, 11) is 0. The lowest BCUT2D eigenvalue weighted by Gasteiger charge is -2.13. The highest BCUT2D eigenvalue weighted by Crippen LogP contribution is 2.36. The summed E-state index contributed by atoms with van der Waals surface area (Å²) in [5.74, 6) is 0.551. The minimum Gasteiger partial charge on any atom is -0.491 e. The summed E-state index contributed by atoms with van der Waals surface area (Å²) in [5.41, 5.74) is 0.906. The average Bonchev–Trinajstić information content (AvgIpc) is 2.10. The van der Waals surface area contributed by atoms with Crippen molar-refractivity contribution in [3.63, 3.8) is 0 Å². The molecule has 1 rings (SSSR count). The van der Waals surface area contributed by atoms with Gasteiger partial charge in [0, 0.05) is 11.7 Å². The van der Waals surface area contributed by atoms with Crippen LogP contribution in [0.3, 0.4) is 0 Å². The summed E-state index contributed by atoms with van der Waals surface area (Å²) in [6.07, 6.45) is 0. The highest BCUT2D eigenvalue weighted by Gasteiger charge is 2.09. The van der Waals surface area contributed by atoms with Crippen molar-refractivity contribution in [2.75, 3.05) is 11.9 Å². The molecule has 1 N–H and O–H groups in total. The van der Waals surface area contributed by atoms with Crippen molar-refractivity contribution in [2.45, 2.75) is 26.8 Å². The lowest BCUT2D eigenvalue weighted by molar-refractivity contribution is 0.340. The van der Waals surface area contributed by atoms with Gasteiger partial charge in [0.15, 0.2) is 5.75 Å². The lowest BCUT2D eigenvalue weighted by Crippen LogP contribution is -2.09. The van der Waals surface area contributed by atoms with Crippen molar-refractivity contribution in [3.8, 4) is 5.75 Å². The standard InChI is InChI=1S/C11H15Cl2NO/c1-4-15-11-9(12)5-8(6-10(11)13)14-7(2)3/h5-7,14H,4H2,1-3H3. The zero-order valence-corrected chi connectivity index (χ0v) is 10.6. The number of rotatable bonds is 4. The Morgan fingerprint density at radius 1 is 1.27 bits per heavy atom. The number of hydrogen-bond donors (Lipinski definition) is 1. The summed E-state index contributed by atoms with van der Waals surface area (Å²) in [5, 5.41) is 4.30. The van der Waals surface area contributed by atoms with Crippen LogP contribution in [-0.2, 0) is 0 Å². The van der Waals surface area contributed by atoms with Crippen LogP contribution < -0.4 is 10.1 Å². The summed E-state index contributed by atoms with van der Waals surface area (Å²) in [6.45, 7) is 6.56. The maximum atomic E-state index is 6.05. The van der Waals surface area contributed by atoms with Gasteiger partial charge >= 0.3 is 0 Å². The highest BCUT2D eigenvalue weighted by molar-refractivity contribution is 6.37. The first-order valence-electron chi connectivity index (χ1n) is 4.93. The molecule has 0 radical (unpaired) electrons. The fourth-order valence-electron chi connectivity index (χ4n) is 1.26. The van der Waals surface area contributed by atoms with Crippen LogP contribution in [0.25, 0.3) is 0 Å².